The van der Waals surface area contributed by atoms with E-state index >= 15 is 0 Å². The van der Waals surface area contributed by atoms with Crippen molar-refractivity contribution in [2.75, 3.05) is 32.1 Å². The number of para-hydroxylation sites is 1. The molecule has 120 valence electrons. The zero-order chi connectivity index (χ0) is 14.8. The average molecular weight is 423 g/mol. The molecule has 1 aromatic carbocycles. The van der Waals surface area contributed by atoms with Gasteiger partial charge in [-0.25, -0.2) is 0 Å². The number of nitrogens with zero attached hydrogens (tertiary/aromatic N) is 1. The Hall–Kier alpha value is -0.630. The number of aryl methyl sites for hydroxylation is 1. The quantitative estimate of drug-likeness (QED) is 0.307. The molecule has 0 aliphatic rings. The molecule has 2 N–H and O–H groups in total. The number of benzene rings is 1. The zero-order valence-electron chi connectivity index (χ0n) is 13.2. The van der Waals surface area contributed by atoms with Gasteiger partial charge in [0.1, 0.15) is 11.9 Å². The van der Waals surface area contributed by atoms with Crippen LogP contribution in [0.15, 0.2) is 29.3 Å². The number of aliphatic imine (C=N–C) groups is 1. The molecule has 0 aliphatic heterocycles. The van der Waals surface area contributed by atoms with Gasteiger partial charge < -0.3 is 15.4 Å². The molecule has 0 aromatic heterocycles. The molecule has 1 unspecified atom stereocenters. The van der Waals surface area contributed by atoms with Gasteiger partial charge in [0, 0.05) is 19.3 Å². The number of ether oxygens (including phenoxy) is 1. The monoisotopic (exact) mass is 423 g/mol. The first-order valence-corrected chi connectivity index (χ1v) is 8.22. The fourth-order valence-corrected chi connectivity index (χ4v) is 1.99. The summed E-state index contributed by atoms with van der Waals surface area (Å²) in [5, 5.41) is 6.54. The fourth-order valence-electron chi connectivity index (χ4n) is 1.68. The van der Waals surface area contributed by atoms with Crippen molar-refractivity contribution >= 4 is 41.7 Å². The highest BCUT2D eigenvalue weighted by Crippen LogP contribution is 2.17. The van der Waals surface area contributed by atoms with Crippen molar-refractivity contribution in [2.45, 2.75) is 20.0 Å². The summed E-state index contributed by atoms with van der Waals surface area (Å²) in [7, 11) is 1.78. The summed E-state index contributed by atoms with van der Waals surface area (Å²) < 4.78 is 5.92. The third-order valence-corrected chi connectivity index (χ3v) is 3.41. The van der Waals surface area contributed by atoms with Crippen LogP contribution in [0.4, 0.5) is 0 Å². The summed E-state index contributed by atoms with van der Waals surface area (Å²) in [6.45, 7) is 5.73. The molecular formula is C15H26IN3OS. The smallest absolute Gasteiger partial charge is 0.191 e. The van der Waals surface area contributed by atoms with Crippen molar-refractivity contribution < 1.29 is 4.74 Å². The van der Waals surface area contributed by atoms with Crippen LogP contribution in [0.25, 0.3) is 0 Å². The second kappa shape index (κ2) is 12.0. The van der Waals surface area contributed by atoms with E-state index in [9.17, 15) is 0 Å². The van der Waals surface area contributed by atoms with Gasteiger partial charge in [0.15, 0.2) is 5.96 Å². The first-order valence-electron chi connectivity index (χ1n) is 6.83. The molecule has 0 amide bonds. The second-order valence-corrected chi connectivity index (χ2v) is 5.55. The highest BCUT2D eigenvalue weighted by Gasteiger charge is 2.06. The van der Waals surface area contributed by atoms with E-state index in [4.69, 9.17) is 4.74 Å². The number of thioether (sulfide) groups is 1. The first-order chi connectivity index (χ1) is 9.67. The van der Waals surface area contributed by atoms with Gasteiger partial charge >= 0.3 is 0 Å². The maximum Gasteiger partial charge on any atom is 0.191 e. The lowest BCUT2D eigenvalue weighted by atomic mass is 10.2. The minimum absolute atomic E-state index is 0. The Morgan fingerprint density at radius 2 is 2.05 bits per heavy atom. The van der Waals surface area contributed by atoms with E-state index in [1.54, 1.807) is 7.05 Å². The number of halogens is 1. The Bertz CT molecular complexity index is 429. The van der Waals surface area contributed by atoms with Crippen LogP contribution in [-0.2, 0) is 0 Å². The average Bonchev–Trinajstić information content (AvgIpc) is 2.45. The van der Waals surface area contributed by atoms with Crippen LogP contribution in [0.2, 0.25) is 0 Å². The zero-order valence-corrected chi connectivity index (χ0v) is 16.3. The molecule has 0 aliphatic carbocycles. The molecule has 0 radical (unpaired) electrons. The van der Waals surface area contributed by atoms with Crippen LogP contribution in [-0.4, -0.2) is 44.2 Å². The largest absolute Gasteiger partial charge is 0.489 e. The topological polar surface area (TPSA) is 45.7 Å². The van der Waals surface area contributed by atoms with Gasteiger partial charge in [0.25, 0.3) is 0 Å². The standard InChI is InChI=1S/C15H25N3OS.HI/c1-12-7-5-6-8-14(12)19-13(2)11-18-15(16-3)17-9-10-20-4;/h5-8,13H,9-11H2,1-4H3,(H2,16,17,18);1H. The Kier molecular flexibility index (Phi) is 11.6. The van der Waals surface area contributed by atoms with E-state index < -0.39 is 0 Å². The van der Waals surface area contributed by atoms with Crippen molar-refractivity contribution in [2.24, 2.45) is 4.99 Å². The minimum atomic E-state index is 0. The second-order valence-electron chi connectivity index (χ2n) is 4.57. The molecule has 0 spiro atoms. The molecule has 0 saturated heterocycles. The highest BCUT2D eigenvalue weighted by molar-refractivity contribution is 14.0. The maximum atomic E-state index is 5.92. The van der Waals surface area contributed by atoms with E-state index in [2.05, 4.69) is 41.8 Å². The summed E-state index contributed by atoms with van der Waals surface area (Å²) in [4.78, 5) is 4.19. The minimum Gasteiger partial charge on any atom is -0.489 e. The van der Waals surface area contributed by atoms with Gasteiger partial charge in [0.05, 0.1) is 6.54 Å². The van der Waals surface area contributed by atoms with Crippen LogP contribution in [0, 0.1) is 6.92 Å². The first kappa shape index (κ1) is 20.4. The predicted molar refractivity (Wildman–Crippen MR) is 104 cm³/mol. The van der Waals surface area contributed by atoms with Crippen LogP contribution >= 0.6 is 35.7 Å². The molecule has 1 atom stereocenters. The lowest BCUT2D eigenvalue weighted by Crippen LogP contribution is -2.42. The van der Waals surface area contributed by atoms with Gasteiger partial charge in [-0.3, -0.25) is 4.99 Å². The number of guanidine groups is 1. The van der Waals surface area contributed by atoms with Gasteiger partial charge in [0.2, 0.25) is 0 Å². The summed E-state index contributed by atoms with van der Waals surface area (Å²) in [6.07, 6.45) is 2.17. The third kappa shape index (κ3) is 8.40. The number of hydrogen-bond donors (Lipinski definition) is 2. The molecular weight excluding hydrogens is 397 g/mol. The fraction of sp³-hybridized carbons (Fsp3) is 0.533. The summed E-state index contributed by atoms with van der Waals surface area (Å²) >= 11 is 1.81. The van der Waals surface area contributed by atoms with E-state index in [1.165, 1.54) is 0 Å². The lowest BCUT2D eigenvalue weighted by molar-refractivity contribution is 0.222. The van der Waals surface area contributed by atoms with E-state index in [0.717, 1.165) is 29.6 Å². The number of hydrogen-bond acceptors (Lipinski definition) is 3. The normalized spacial score (nSPS) is 12.3. The number of rotatable bonds is 7. The molecule has 0 bridgehead atoms. The van der Waals surface area contributed by atoms with Gasteiger partial charge in [-0.15, -0.1) is 24.0 Å². The molecule has 0 heterocycles. The maximum absolute atomic E-state index is 5.92. The Morgan fingerprint density at radius 1 is 1.33 bits per heavy atom. The molecule has 1 aromatic rings. The molecule has 6 heteroatoms. The third-order valence-electron chi connectivity index (χ3n) is 2.80. The highest BCUT2D eigenvalue weighted by atomic mass is 127. The molecule has 21 heavy (non-hydrogen) atoms. The van der Waals surface area contributed by atoms with Gasteiger partial charge in [-0.2, -0.15) is 11.8 Å². The Labute approximate surface area is 149 Å². The van der Waals surface area contributed by atoms with Crippen molar-refractivity contribution in [3.05, 3.63) is 29.8 Å². The van der Waals surface area contributed by atoms with Crippen molar-refractivity contribution in [3.8, 4) is 5.75 Å². The summed E-state index contributed by atoms with van der Waals surface area (Å²) in [6, 6.07) is 8.06. The van der Waals surface area contributed by atoms with Crippen LogP contribution in [0.5, 0.6) is 5.75 Å². The van der Waals surface area contributed by atoms with E-state index in [1.807, 2.05) is 30.0 Å². The molecule has 0 saturated carbocycles. The Morgan fingerprint density at radius 3 is 2.67 bits per heavy atom. The summed E-state index contributed by atoms with van der Waals surface area (Å²) in [5.74, 6) is 2.82. The number of nitrogens with one attached hydrogen (secondary N) is 2. The van der Waals surface area contributed by atoms with Gasteiger partial charge in [-0.1, -0.05) is 18.2 Å². The SMILES string of the molecule is CN=C(NCCSC)NCC(C)Oc1ccccc1C.I. The van der Waals surface area contributed by atoms with Crippen molar-refractivity contribution in [3.63, 3.8) is 0 Å². The van der Waals surface area contributed by atoms with Crippen LogP contribution < -0.4 is 15.4 Å². The van der Waals surface area contributed by atoms with Crippen molar-refractivity contribution in [1.29, 1.82) is 0 Å². The molecule has 0 fully saturated rings. The van der Waals surface area contributed by atoms with E-state index in [0.29, 0.717) is 6.54 Å². The predicted octanol–water partition coefficient (Wildman–Crippen LogP) is 2.91. The van der Waals surface area contributed by atoms with Gasteiger partial charge in [-0.05, 0) is 31.7 Å². The van der Waals surface area contributed by atoms with Crippen molar-refractivity contribution in [1.82, 2.24) is 10.6 Å². The van der Waals surface area contributed by atoms with Crippen LogP contribution in [0.1, 0.15) is 12.5 Å². The molecule has 4 nitrogen and oxygen atoms in total. The lowest BCUT2D eigenvalue weighted by Gasteiger charge is -2.18. The Balaban J connectivity index is 0.00000400. The van der Waals surface area contributed by atoms with E-state index in [-0.39, 0.29) is 30.1 Å². The summed E-state index contributed by atoms with van der Waals surface area (Å²) in [5.41, 5.74) is 1.15. The van der Waals surface area contributed by atoms with Crippen LogP contribution in [0.3, 0.4) is 0 Å². The molecule has 1 rings (SSSR count).